The van der Waals surface area contributed by atoms with Crippen molar-refractivity contribution < 1.29 is 23.8 Å². The van der Waals surface area contributed by atoms with Crippen molar-refractivity contribution in [3.05, 3.63) is 48.6 Å². The van der Waals surface area contributed by atoms with Crippen molar-refractivity contribution in [2.24, 2.45) is 10.9 Å². The first-order chi connectivity index (χ1) is 15.1. The molecule has 3 rings (SSSR count). The first-order valence-corrected chi connectivity index (χ1v) is 11.7. The number of benzene rings is 1. The molecule has 1 saturated heterocycles. The van der Waals surface area contributed by atoms with Crippen LogP contribution in [0.4, 0.5) is 4.79 Å². The van der Waals surface area contributed by atoms with Crippen LogP contribution in [-0.4, -0.2) is 57.8 Å². The van der Waals surface area contributed by atoms with Gasteiger partial charge in [-0.1, -0.05) is 55.1 Å². The molecule has 7 nitrogen and oxygen atoms in total. The van der Waals surface area contributed by atoms with Gasteiger partial charge in [-0.15, -0.1) is 6.58 Å². The van der Waals surface area contributed by atoms with Gasteiger partial charge in [0.2, 0.25) is 0 Å². The molecule has 0 aliphatic carbocycles. The van der Waals surface area contributed by atoms with Gasteiger partial charge in [0.15, 0.2) is 11.0 Å². The number of thioether (sulfide) groups is 1. The number of amides is 1. The Hall–Kier alpha value is -2.16. The molecule has 0 unspecified atom stereocenters. The fourth-order valence-corrected chi connectivity index (χ4v) is 4.97. The molecule has 2 heterocycles. The van der Waals surface area contributed by atoms with Crippen molar-refractivity contribution in [2.45, 2.75) is 70.5 Å². The van der Waals surface area contributed by atoms with Gasteiger partial charge < -0.3 is 14.2 Å². The third-order valence-electron chi connectivity index (χ3n) is 5.22. The zero-order chi connectivity index (χ0) is 23.5. The summed E-state index contributed by atoms with van der Waals surface area (Å²) in [6.45, 7) is 13.3. The van der Waals surface area contributed by atoms with Gasteiger partial charge in [-0.05, 0) is 33.3 Å². The molecule has 0 N–H and O–H groups in total. The van der Waals surface area contributed by atoms with Gasteiger partial charge in [-0.3, -0.25) is 14.7 Å². The molecule has 0 aromatic heterocycles. The molecule has 8 heteroatoms. The Morgan fingerprint density at radius 2 is 1.97 bits per heavy atom. The summed E-state index contributed by atoms with van der Waals surface area (Å²) >= 11 is 1.32. The molecule has 0 radical (unpaired) electrons. The number of ether oxygens (including phenoxy) is 3. The zero-order valence-corrected chi connectivity index (χ0v) is 20.1. The quantitative estimate of drug-likeness (QED) is 0.585. The lowest BCUT2D eigenvalue weighted by atomic mass is 9.88. The lowest BCUT2D eigenvalue weighted by Crippen LogP contribution is -2.53. The number of aliphatic imine (C=N–C) groups is 1. The number of fused-ring (bicyclic) bond motifs is 1. The van der Waals surface area contributed by atoms with Gasteiger partial charge in [0.25, 0.3) is 0 Å². The first-order valence-electron chi connectivity index (χ1n) is 10.8. The van der Waals surface area contributed by atoms with Crippen LogP contribution < -0.4 is 0 Å². The van der Waals surface area contributed by atoms with E-state index >= 15 is 0 Å². The van der Waals surface area contributed by atoms with E-state index in [-0.39, 0.29) is 30.4 Å². The van der Waals surface area contributed by atoms with Crippen molar-refractivity contribution in [2.75, 3.05) is 6.54 Å². The summed E-state index contributed by atoms with van der Waals surface area (Å²) in [5, 5.41) is 0.485. The van der Waals surface area contributed by atoms with Crippen LogP contribution in [0.5, 0.6) is 0 Å². The Morgan fingerprint density at radius 3 is 2.56 bits per heavy atom. The van der Waals surface area contributed by atoms with Crippen molar-refractivity contribution in [3.63, 3.8) is 0 Å². The predicted octanol–water partition coefficient (Wildman–Crippen LogP) is 4.42. The normalized spacial score (nSPS) is 27.3. The van der Waals surface area contributed by atoms with E-state index in [2.05, 4.69) is 6.58 Å². The second-order valence-corrected chi connectivity index (χ2v) is 10.1. The topological polar surface area (TPSA) is 77.4 Å². The molecule has 1 fully saturated rings. The molecule has 32 heavy (non-hydrogen) atoms. The summed E-state index contributed by atoms with van der Waals surface area (Å²) < 4.78 is 18.0. The molecular formula is C24H32N2O5S. The molecule has 5 atom stereocenters. The van der Waals surface area contributed by atoms with E-state index in [0.717, 1.165) is 5.56 Å². The summed E-state index contributed by atoms with van der Waals surface area (Å²) in [6.07, 6.45) is 0.200. The second kappa shape index (κ2) is 10.2. The fourth-order valence-electron chi connectivity index (χ4n) is 3.77. The highest BCUT2D eigenvalue weighted by atomic mass is 32.2. The molecule has 1 aromatic rings. The van der Waals surface area contributed by atoms with Crippen LogP contribution in [0.3, 0.4) is 0 Å². The summed E-state index contributed by atoms with van der Waals surface area (Å²) in [5.74, 6) is -0.232. The molecular weight excluding hydrogens is 428 g/mol. The Balaban J connectivity index is 1.85. The lowest BCUT2D eigenvalue weighted by molar-refractivity contribution is -0.158. The van der Waals surface area contributed by atoms with E-state index in [1.165, 1.54) is 23.6 Å². The van der Waals surface area contributed by atoms with Gasteiger partial charge in [0, 0.05) is 12.5 Å². The number of Topliss-reactive ketones (excluding diaryl/α,β-unsaturated/α-hetero) is 1. The smallest absolute Gasteiger partial charge is 0.416 e. The number of carbonyl (C=O) groups excluding carboxylic acids is 2. The highest BCUT2D eigenvalue weighted by molar-refractivity contribution is 8.14. The fraction of sp³-hybridized carbons (Fsp3) is 0.542. The monoisotopic (exact) mass is 460 g/mol. The van der Waals surface area contributed by atoms with Crippen molar-refractivity contribution in [1.82, 2.24) is 4.90 Å². The molecule has 1 aromatic carbocycles. The second-order valence-electron chi connectivity index (χ2n) is 9.06. The van der Waals surface area contributed by atoms with E-state index in [9.17, 15) is 9.59 Å². The highest BCUT2D eigenvalue weighted by Crippen LogP contribution is 2.41. The van der Waals surface area contributed by atoms with E-state index in [4.69, 9.17) is 19.2 Å². The molecule has 2 aliphatic heterocycles. The van der Waals surface area contributed by atoms with Gasteiger partial charge in [-0.2, -0.15) is 0 Å². The maximum atomic E-state index is 12.8. The van der Waals surface area contributed by atoms with Crippen molar-refractivity contribution in [1.29, 1.82) is 0 Å². The van der Waals surface area contributed by atoms with Crippen LogP contribution in [-0.2, 0) is 25.6 Å². The van der Waals surface area contributed by atoms with E-state index in [1.54, 1.807) is 6.08 Å². The molecule has 0 spiro atoms. The average Bonchev–Trinajstić information content (AvgIpc) is 3.13. The van der Waals surface area contributed by atoms with E-state index < -0.39 is 23.2 Å². The molecule has 0 bridgehead atoms. The van der Waals surface area contributed by atoms with E-state index in [0.29, 0.717) is 11.8 Å². The van der Waals surface area contributed by atoms with Crippen molar-refractivity contribution in [3.8, 4) is 0 Å². The van der Waals surface area contributed by atoms with Gasteiger partial charge in [-0.25, -0.2) is 4.79 Å². The number of carbonyl (C=O) groups is 2. The largest absolute Gasteiger partial charge is 0.443 e. The van der Waals surface area contributed by atoms with Gasteiger partial charge in [0.05, 0.1) is 12.7 Å². The minimum Gasteiger partial charge on any atom is -0.443 e. The third kappa shape index (κ3) is 5.79. The summed E-state index contributed by atoms with van der Waals surface area (Å²) in [4.78, 5) is 31.3. The number of ketones is 1. The highest BCUT2D eigenvalue weighted by Gasteiger charge is 2.50. The van der Waals surface area contributed by atoms with Gasteiger partial charge >= 0.3 is 6.09 Å². The molecule has 174 valence electrons. The van der Waals surface area contributed by atoms with Crippen LogP contribution in [0, 0.1) is 5.92 Å². The molecule has 1 amide bonds. The number of rotatable bonds is 6. The van der Waals surface area contributed by atoms with Crippen molar-refractivity contribution >= 4 is 28.8 Å². The predicted molar refractivity (Wildman–Crippen MR) is 125 cm³/mol. The SMILES string of the molecule is C=CCN(C(=O)OC(C)(C)C)C1=N[C@@H]2[C@@H](OCc3ccccc3)[C@H](C)[C@@H](C(C)=O)O[C@@H]2S1. The lowest BCUT2D eigenvalue weighted by Gasteiger charge is -2.40. The number of hydrogen-bond donors (Lipinski definition) is 0. The Morgan fingerprint density at radius 1 is 1.28 bits per heavy atom. The zero-order valence-electron chi connectivity index (χ0n) is 19.3. The minimum absolute atomic E-state index is 0.0478. The van der Waals surface area contributed by atoms with E-state index in [1.807, 2.05) is 58.0 Å². The molecule has 0 saturated carbocycles. The molecule has 2 aliphatic rings. The summed E-state index contributed by atoms with van der Waals surface area (Å²) in [5.41, 5.74) is -0.0243. The first kappa shape index (κ1) is 24.5. The number of nitrogens with zero attached hydrogens (tertiary/aromatic N) is 2. The maximum absolute atomic E-state index is 12.8. The van der Waals surface area contributed by atoms with Crippen LogP contribution in [0.2, 0.25) is 0 Å². The van der Waals surface area contributed by atoms with Crippen LogP contribution in [0.15, 0.2) is 48.0 Å². The Kier molecular flexibility index (Phi) is 7.79. The third-order valence-corrected chi connectivity index (χ3v) is 6.37. The van der Waals surface area contributed by atoms with Crippen LogP contribution in [0.25, 0.3) is 0 Å². The van der Waals surface area contributed by atoms with Gasteiger partial charge in [0.1, 0.15) is 23.2 Å². The standard InChI is InChI=1S/C24H32N2O5S/c1-7-13-26(23(28)31-24(4,5)6)22-25-18-20(29-14-17-11-9-8-10-12-17)15(2)19(16(3)27)30-21(18)32-22/h7-12,15,18-21H,1,13-14H2,2-6H3/t15-,18-,19+,20+,21-/m1/s1. The summed E-state index contributed by atoms with van der Waals surface area (Å²) in [7, 11) is 0. The number of hydrogen-bond acceptors (Lipinski definition) is 7. The maximum Gasteiger partial charge on any atom is 0.416 e. The minimum atomic E-state index is -0.640. The van der Waals surface area contributed by atoms with Crippen LogP contribution >= 0.6 is 11.8 Å². The Bertz CT molecular complexity index is 867. The van der Waals surface area contributed by atoms with Crippen LogP contribution in [0.1, 0.15) is 40.2 Å². The summed E-state index contributed by atoms with van der Waals surface area (Å²) in [6, 6.07) is 9.52. The average molecular weight is 461 g/mol. The number of amidine groups is 1. The Labute approximate surface area is 194 Å².